The van der Waals surface area contributed by atoms with Gasteiger partial charge in [0.2, 0.25) is 5.91 Å². The van der Waals surface area contributed by atoms with Crippen LogP contribution in [-0.2, 0) is 14.3 Å². The molecule has 0 aromatic carbocycles. The van der Waals surface area contributed by atoms with Crippen LogP contribution in [0.3, 0.4) is 0 Å². The van der Waals surface area contributed by atoms with Gasteiger partial charge in [0.15, 0.2) is 5.79 Å². The summed E-state index contributed by atoms with van der Waals surface area (Å²) in [5.74, 6) is -0.000608. The van der Waals surface area contributed by atoms with E-state index in [0.29, 0.717) is 5.91 Å². The van der Waals surface area contributed by atoms with E-state index in [4.69, 9.17) is 9.47 Å². The van der Waals surface area contributed by atoms with Gasteiger partial charge in [-0.3, -0.25) is 4.79 Å². The first-order valence-electron chi connectivity index (χ1n) is 6.15. The molecule has 0 atom stereocenters. The molecule has 2 aliphatic heterocycles. The lowest BCUT2D eigenvalue weighted by Gasteiger charge is -2.40. The number of rotatable bonds is 0. The van der Waals surface area contributed by atoms with Crippen molar-refractivity contribution in [3.63, 3.8) is 0 Å². The second kappa shape index (κ2) is 3.44. The van der Waals surface area contributed by atoms with E-state index in [1.165, 1.54) is 0 Å². The summed E-state index contributed by atoms with van der Waals surface area (Å²) in [5, 5.41) is 0. The molecule has 3 aliphatic rings. The average molecular weight is 225 g/mol. The molecule has 1 amide bonds. The first-order valence-corrected chi connectivity index (χ1v) is 6.15. The fraction of sp³-hybridized carbons (Fsp3) is 0.917. The van der Waals surface area contributed by atoms with Gasteiger partial charge in [0.1, 0.15) is 0 Å². The summed E-state index contributed by atoms with van der Waals surface area (Å²) < 4.78 is 11.4. The summed E-state index contributed by atoms with van der Waals surface area (Å²) in [4.78, 5) is 13.5. The van der Waals surface area contributed by atoms with E-state index in [1.54, 1.807) is 0 Å². The molecule has 4 heteroatoms. The number of nitrogens with zero attached hydrogens (tertiary/aromatic N) is 1. The highest BCUT2D eigenvalue weighted by molar-refractivity contribution is 5.79. The maximum atomic E-state index is 11.6. The zero-order chi connectivity index (χ0) is 11.2. The van der Waals surface area contributed by atoms with E-state index in [2.05, 4.69) is 0 Å². The lowest BCUT2D eigenvalue weighted by atomic mass is 9.71. The van der Waals surface area contributed by atoms with Crippen molar-refractivity contribution in [1.29, 1.82) is 0 Å². The van der Waals surface area contributed by atoms with Crippen molar-refractivity contribution in [1.82, 2.24) is 4.90 Å². The molecule has 2 heterocycles. The smallest absolute Gasteiger partial charge is 0.222 e. The lowest BCUT2D eigenvalue weighted by Crippen LogP contribution is -2.41. The molecule has 0 aromatic rings. The zero-order valence-corrected chi connectivity index (χ0v) is 9.83. The van der Waals surface area contributed by atoms with E-state index >= 15 is 0 Å². The van der Waals surface area contributed by atoms with Gasteiger partial charge in [0.25, 0.3) is 0 Å². The highest BCUT2D eigenvalue weighted by Crippen LogP contribution is 2.49. The fourth-order valence-corrected chi connectivity index (χ4v) is 3.38. The van der Waals surface area contributed by atoms with Crippen molar-refractivity contribution in [2.24, 2.45) is 5.41 Å². The molecule has 2 spiro atoms. The van der Waals surface area contributed by atoms with Gasteiger partial charge in [0, 0.05) is 32.9 Å². The topological polar surface area (TPSA) is 38.8 Å². The first kappa shape index (κ1) is 10.5. The van der Waals surface area contributed by atoms with Gasteiger partial charge < -0.3 is 14.4 Å². The molecule has 16 heavy (non-hydrogen) atoms. The van der Waals surface area contributed by atoms with Crippen LogP contribution < -0.4 is 0 Å². The van der Waals surface area contributed by atoms with Crippen LogP contribution in [0.25, 0.3) is 0 Å². The molecule has 2 saturated heterocycles. The Morgan fingerprint density at radius 2 is 1.75 bits per heavy atom. The van der Waals surface area contributed by atoms with E-state index in [1.807, 2.05) is 11.9 Å². The van der Waals surface area contributed by atoms with Gasteiger partial charge in [-0.1, -0.05) is 0 Å². The SMILES string of the molecule is CN1CC2(CCC3(CC2)OCCO3)CC1=O. The average Bonchev–Trinajstić information content (AvgIpc) is 2.81. The fourth-order valence-electron chi connectivity index (χ4n) is 3.38. The minimum Gasteiger partial charge on any atom is -0.348 e. The quantitative estimate of drug-likeness (QED) is 0.621. The van der Waals surface area contributed by atoms with Gasteiger partial charge in [-0.15, -0.1) is 0 Å². The van der Waals surface area contributed by atoms with Crippen LogP contribution in [-0.4, -0.2) is 43.4 Å². The van der Waals surface area contributed by atoms with Crippen LogP contribution in [0.1, 0.15) is 32.1 Å². The zero-order valence-electron chi connectivity index (χ0n) is 9.83. The van der Waals surface area contributed by atoms with Crippen molar-refractivity contribution in [2.75, 3.05) is 26.8 Å². The van der Waals surface area contributed by atoms with Crippen molar-refractivity contribution in [2.45, 2.75) is 37.9 Å². The van der Waals surface area contributed by atoms with E-state index in [-0.39, 0.29) is 11.2 Å². The number of ether oxygens (including phenoxy) is 2. The largest absolute Gasteiger partial charge is 0.348 e. The summed E-state index contributed by atoms with van der Waals surface area (Å²) in [5.41, 5.74) is 0.215. The van der Waals surface area contributed by atoms with Crippen LogP contribution in [0.15, 0.2) is 0 Å². The third-order valence-corrected chi connectivity index (χ3v) is 4.41. The number of likely N-dealkylation sites (tertiary alicyclic amines) is 1. The van der Waals surface area contributed by atoms with Gasteiger partial charge in [-0.25, -0.2) is 0 Å². The van der Waals surface area contributed by atoms with Crippen LogP contribution in [0.4, 0.5) is 0 Å². The Morgan fingerprint density at radius 3 is 2.25 bits per heavy atom. The van der Waals surface area contributed by atoms with E-state index < -0.39 is 0 Å². The Labute approximate surface area is 95.9 Å². The standard InChI is InChI=1S/C12H19NO3/c1-13-9-11(8-10(13)14)2-4-12(5-3-11)15-6-7-16-12/h2-9H2,1H3. The van der Waals surface area contributed by atoms with Crippen molar-refractivity contribution in [3.05, 3.63) is 0 Å². The molecule has 1 aliphatic carbocycles. The Morgan fingerprint density at radius 1 is 1.12 bits per heavy atom. The molecule has 3 rings (SSSR count). The van der Waals surface area contributed by atoms with Crippen molar-refractivity contribution < 1.29 is 14.3 Å². The molecule has 4 nitrogen and oxygen atoms in total. The summed E-state index contributed by atoms with van der Waals surface area (Å²) in [6, 6.07) is 0. The van der Waals surface area contributed by atoms with Crippen LogP contribution in [0.2, 0.25) is 0 Å². The molecule has 0 N–H and O–H groups in total. The minimum atomic E-state index is -0.296. The number of carbonyl (C=O) groups excluding carboxylic acids is 1. The Balaban J connectivity index is 1.68. The number of hydrogen-bond donors (Lipinski definition) is 0. The third-order valence-electron chi connectivity index (χ3n) is 4.41. The van der Waals surface area contributed by atoms with Crippen LogP contribution >= 0.6 is 0 Å². The van der Waals surface area contributed by atoms with E-state index in [0.717, 1.165) is 51.9 Å². The molecule has 0 bridgehead atoms. The Hall–Kier alpha value is -0.610. The molecule has 0 aromatic heterocycles. The van der Waals surface area contributed by atoms with Gasteiger partial charge >= 0.3 is 0 Å². The minimum absolute atomic E-state index is 0.215. The molecule has 90 valence electrons. The highest BCUT2D eigenvalue weighted by atomic mass is 16.7. The Kier molecular flexibility index (Phi) is 2.27. The summed E-state index contributed by atoms with van der Waals surface area (Å²) >= 11 is 0. The first-order chi connectivity index (χ1) is 7.63. The molecular weight excluding hydrogens is 206 g/mol. The maximum absolute atomic E-state index is 11.6. The molecule has 0 unspecified atom stereocenters. The van der Waals surface area contributed by atoms with Gasteiger partial charge in [-0.2, -0.15) is 0 Å². The van der Waals surface area contributed by atoms with E-state index in [9.17, 15) is 4.79 Å². The summed E-state index contributed by atoms with van der Waals surface area (Å²) in [6.45, 7) is 2.37. The lowest BCUT2D eigenvalue weighted by molar-refractivity contribution is -0.190. The van der Waals surface area contributed by atoms with Gasteiger partial charge in [0.05, 0.1) is 13.2 Å². The molecule has 1 saturated carbocycles. The number of carbonyl (C=O) groups is 1. The van der Waals surface area contributed by atoms with Crippen LogP contribution in [0, 0.1) is 5.41 Å². The Bertz CT molecular complexity index is 299. The third kappa shape index (κ3) is 1.55. The summed E-state index contributed by atoms with van der Waals surface area (Å²) in [7, 11) is 1.91. The predicted molar refractivity (Wildman–Crippen MR) is 57.8 cm³/mol. The molecule has 0 radical (unpaired) electrons. The second-order valence-corrected chi connectivity index (χ2v) is 5.53. The molecular formula is C12H19NO3. The molecule has 3 fully saturated rings. The van der Waals surface area contributed by atoms with Gasteiger partial charge in [-0.05, 0) is 18.3 Å². The predicted octanol–water partition coefficient (Wildman–Crippen LogP) is 1.15. The highest BCUT2D eigenvalue weighted by Gasteiger charge is 2.50. The normalized spacial score (nSPS) is 31.8. The van der Waals surface area contributed by atoms with Crippen LogP contribution in [0.5, 0.6) is 0 Å². The monoisotopic (exact) mass is 225 g/mol. The number of hydrogen-bond acceptors (Lipinski definition) is 3. The summed E-state index contributed by atoms with van der Waals surface area (Å²) in [6.07, 6.45) is 4.74. The maximum Gasteiger partial charge on any atom is 0.222 e. The second-order valence-electron chi connectivity index (χ2n) is 5.53. The number of amides is 1. The van der Waals surface area contributed by atoms with Crippen molar-refractivity contribution in [3.8, 4) is 0 Å². The van der Waals surface area contributed by atoms with Crippen molar-refractivity contribution >= 4 is 5.91 Å².